The van der Waals surface area contributed by atoms with Crippen LogP contribution in [0.25, 0.3) is 0 Å². The summed E-state index contributed by atoms with van der Waals surface area (Å²) in [5, 5.41) is 4.34. The first kappa shape index (κ1) is 15.6. The highest BCUT2D eigenvalue weighted by atomic mass is 16.5. The maximum Gasteiger partial charge on any atom is 0.271 e. The highest BCUT2D eigenvalue weighted by Crippen LogP contribution is 2.42. The predicted molar refractivity (Wildman–Crippen MR) is 86.4 cm³/mol. The molecule has 1 N–H and O–H groups in total. The van der Waals surface area contributed by atoms with E-state index in [-0.39, 0.29) is 5.91 Å². The lowest BCUT2D eigenvalue weighted by atomic mass is 9.99. The van der Waals surface area contributed by atoms with Crippen molar-refractivity contribution in [3.05, 3.63) is 17.7 Å². The number of fused-ring (bicyclic) bond motifs is 2. The minimum Gasteiger partial charge on any atom is -0.493 e. The van der Waals surface area contributed by atoms with Gasteiger partial charge in [0.05, 0.1) is 21.3 Å². The molecule has 0 aromatic heterocycles. The van der Waals surface area contributed by atoms with Gasteiger partial charge in [-0.05, 0) is 49.7 Å². The maximum absolute atomic E-state index is 12.4. The number of ether oxygens (including phenoxy) is 3. The summed E-state index contributed by atoms with van der Waals surface area (Å²) in [5.41, 5.74) is 4.21. The van der Waals surface area contributed by atoms with Gasteiger partial charge in [0.15, 0.2) is 11.5 Å². The van der Waals surface area contributed by atoms with Gasteiger partial charge in [-0.3, -0.25) is 4.79 Å². The molecule has 2 saturated carbocycles. The molecular weight excluding hydrogens is 296 g/mol. The Bertz CT molecular complexity index is 616. The number of nitrogens with one attached hydrogen (secondary N) is 1. The number of hydrazone groups is 1. The van der Waals surface area contributed by atoms with E-state index in [1.54, 1.807) is 12.1 Å². The lowest BCUT2D eigenvalue weighted by Crippen LogP contribution is -2.22. The Balaban J connectivity index is 1.78. The number of methoxy groups -OCH3 is 3. The van der Waals surface area contributed by atoms with Crippen LogP contribution in [0.15, 0.2) is 17.2 Å². The van der Waals surface area contributed by atoms with E-state index in [0.29, 0.717) is 28.7 Å². The smallest absolute Gasteiger partial charge is 0.271 e. The zero-order valence-corrected chi connectivity index (χ0v) is 13.7. The zero-order chi connectivity index (χ0) is 16.4. The molecule has 2 aliphatic carbocycles. The topological polar surface area (TPSA) is 69.2 Å². The second-order valence-corrected chi connectivity index (χ2v) is 6.04. The normalized spacial score (nSPS) is 23.9. The summed E-state index contributed by atoms with van der Waals surface area (Å²) in [6.07, 6.45) is 4.73. The van der Waals surface area contributed by atoms with Gasteiger partial charge >= 0.3 is 0 Å². The maximum atomic E-state index is 12.4. The van der Waals surface area contributed by atoms with E-state index >= 15 is 0 Å². The molecule has 6 nitrogen and oxygen atoms in total. The van der Waals surface area contributed by atoms with E-state index < -0.39 is 0 Å². The molecule has 2 bridgehead atoms. The number of hydrogen-bond donors (Lipinski definition) is 1. The minimum atomic E-state index is -0.278. The fourth-order valence-corrected chi connectivity index (χ4v) is 3.56. The first-order valence-corrected chi connectivity index (χ1v) is 7.83. The standard InChI is InChI=1S/C17H22N2O4/c1-21-14-8-12(9-15(22-2)16(14)23-3)17(20)19-18-13-7-10-4-5-11(13)6-10/h8-11H,4-7H2,1-3H3,(H,19,20)/b18-13-/t10-,11-/m1/s1. The van der Waals surface area contributed by atoms with Crippen molar-refractivity contribution in [1.29, 1.82) is 0 Å². The third-order valence-corrected chi connectivity index (χ3v) is 4.74. The molecule has 3 rings (SSSR count). The molecule has 0 aliphatic heterocycles. The first-order valence-electron chi connectivity index (χ1n) is 7.83. The third kappa shape index (κ3) is 2.98. The van der Waals surface area contributed by atoms with Crippen molar-refractivity contribution < 1.29 is 19.0 Å². The molecule has 1 aromatic carbocycles. The Kier molecular flexibility index (Phi) is 4.41. The molecule has 0 saturated heterocycles. The van der Waals surface area contributed by atoms with Crippen LogP contribution in [0.2, 0.25) is 0 Å². The Morgan fingerprint density at radius 3 is 2.30 bits per heavy atom. The zero-order valence-electron chi connectivity index (χ0n) is 13.7. The molecule has 6 heteroatoms. The largest absolute Gasteiger partial charge is 0.493 e. The number of hydrogen-bond acceptors (Lipinski definition) is 5. The monoisotopic (exact) mass is 318 g/mol. The number of benzene rings is 1. The van der Waals surface area contributed by atoms with Gasteiger partial charge in [-0.2, -0.15) is 5.10 Å². The Morgan fingerprint density at radius 2 is 1.83 bits per heavy atom. The van der Waals surface area contributed by atoms with Crippen LogP contribution in [0.1, 0.15) is 36.0 Å². The van der Waals surface area contributed by atoms with Gasteiger partial charge in [-0.15, -0.1) is 0 Å². The van der Waals surface area contributed by atoms with Crippen LogP contribution in [0.4, 0.5) is 0 Å². The molecule has 23 heavy (non-hydrogen) atoms. The Morgan fingerprint density at radius 1 is 1.13 bits per heavy atom. The highest BCUT2D eigenvalue weighted by molar-refractivity contribution is 5.97. The summed E-state index contributed by atoms with van der Waals surface area (Å²) in [4.78, 5) is 12.4. The molecule has 0 radical (unpaired) electrons. The van der Waals surface area contributed by atoms with E-state index in [2.05, 4.69) is 10.5 Å². The second-order valence-electron chi connectivity index (χ2n) is 6.04. The van der Waals surface area contributed by atoms with Crippen LogP contribution >= 0.6 is 0 Å². The summed E-state index contributed by atoms with van der Waals surface area (Å²) >= 11 is 0. The lowest BCUT2D eigenvalue weighted by Gasteiger charge is -2.14. The van der Waals surface area contributed by atoms with Crippen LogP contribution in [0.3, 0.4) is 0 Å². The van der Waals surface area contributed by atoms with Crippen molar-refractivity contribution in [3.63, 3.8) is 0 Å². The van der Waals surface area contributed by atoms with E-state index in [1.807, 2.05) is 0 Å². The number of carbonyl (C=O) groups excluding carboxylic acids is 1. The molecule has 1 aromatic rings. The second kappa shape index (κ2) is 6.48. The van der Waals surface area contributed by atoms with Gasteiger partial charge in [0.25, 0.3) is 5.91 Å². The predicted octanol–water partition coefficient (Wildman–Crippen LogP) is 2.62. The quantitative estimate of drug-likeness (QED) is 0.847. The van der Waals surface area contributed by atoms with Crippen molar-refractivity contribution in [3.8, 4) is 17.2 Å². The number of nitrogens with zero attached hydrogens (tertiary/aromatic N) is 1. The van der Waals surface area contributed by atoms with Crippen molar-refractivity contribution in [1.82, 2.24) is 5.43 Å². The van der Waals surface area contributed by atoms with Gasteiger partial charge in [0.2, 0.25) is 5.75 Å². The fourth-order valence-electron chi connectivity index (χ4n) is 3.56. The third-order valence-electron chi connectivity index (χ3n) is 4.74. The van der Waals surface area contributed by atoms with Crippen molar-refractivity contribution in [2.75, 3.05) is 21.3 Å². The van der Waals surface area contributed by atoms with Crippen LogP contribution in [0.5, 0.6) is 17.2 Å². The van der Waals surface area contributed by atoms with Gasteiger partial charge < -0.3 is 14.2 Å². The Labute approximate surface area is 135 Å². The van der Waals surface area contributed by atoms with Crippen LogP contribution in [-0.2, 0) is 0 Å². The minimum absolute atomic E-state index is 0.278. The molecule has 124 valence electrons. The molecule has 2 aliphatic rings. The average Bonchev–Trinajstić information content (AvgIpc) is 3.21. The van der Waals surface area contributed by atoms with Gasteiger partial charge in [-0.25, -0.2) is 5.43 Å². The van der Waals surface area contributed by atoms with Crippen molar-refractivity contribution in [2.45, 2.75) is 25.7 Å². The summed E-state index contributed by atoms with van der Waals surface area (Å²) in [6, 6.07) is 3.25. The summed E-state index contributed by atoms with van der Waals surface area (Å²) in [5.74, 6) is 2.40. The summed E-state index contributed by atoms with van der Waals surface area (Å²) < 4.78 is 15.8. The van der Waals surface area contributed by atoms with E-state index in [4.69, 9.17) is 14.2 Å². The van der Waals surface area contributed by atoms with E-state index in [0.717, 1.165) is 18.1 Å². The van der Waals surface area contributed by atoms with Crippen molar-refractivity contribution >= 4 is 11.6 Å². The highest BCUT2D eigenvalue weighted by Gasteiger charge is 2.36. The molecule has 2 fully saturated rings. The van der Waals surface area contributed by atoms with E-state index in [9.17, 15) is 4.79 Å². The number of amides is 1. The van der Waals surface area contributed by atoms with E-state index in [1.165, 1.54) is 40.6 Å². The molecule has 0 unspecified atom stereocenters. The lowest BCUT2D eigenvalue weighted by molar-refractivity contribution is 0.0953. The molecule has 0 spiro atoms. The van der Waals surface area contributed by atoms with Crippen molar-refractivity contribution in [2.24, 2.45) is 16.9 Å². The van der Waals surface area contributed by atoms with Gasteiger partial charge in [0.1, 0.15) is 0 Å². The molecule has 0 heterocycles. The van der Waals surface area contributed by atoms with Crippen LogP contribution in [0, 0.1) is 11.8 Å². The number of carbonyl (C=O) groups is 1. The molecular formula is C17H22N2O4. The summed E-state index contributed by atoms with van der Waals surface area (Å²) in [7, 11) is 4.57. The fraction of sp³-hybridized carbons (Fsp3) is 0.529. The first-order chi connectivity index (χ1) is 11.2. The Hall–Kier alpha value is -2.24. The SMILES string of the molecule is COc1cc(C(=O)N/N=C2/C[C@@H]3CC[C@@H]2C3)cc(OC)c1OC. The average molecular weight is 318 g/mol. The van der Waals surface area contributed by atoms with Gasteiger partial charge in [0, 0.05) is 11.3 Å². The molecule has 2 atom stereocenters. The molecule has 1 amide bonds. The summed E-state index contributed by atoms with van der Waals surface area (Å²) in [6.45, 7) is 0. The van der Waals surface area contributed by atoms with Crippen LogP contribution < -0.4 is 19.6 Å². The number of rotatable bonds is 5. The van der Waals surface area contributed by atoms with Gasteiger partial charge in [-0.1, -0.05) is 0 Å². The van der Waals surface area contributed by atoms with Crippen LogP contribution in [-0.4, -0.2) is 32.9 Å².